The van der Waals surface area contributed by atoms with Crippen LogP contribution < -0.4 is 5.73 Å². The molecule has 0 unspecified atom stereocenters. The van der Waals surface area contributed by atoms with Crippen molar-refractivity contribution in [1.29, 1.82) is 0 Å². The van der Waals surface area contributed by atoms with Gasteiger partial charge in [-0.3, -0.25) is 0 Å². The second-order valence-corrected chi connectivity index (χ2v) is 3.82. The van der Waals surface area contributed by atoms with E-state index in [-0.39, 0.29) is 0 Å². The van der Waals surface area contributed by atoms with Gasteiger partial charge in [0.05, 0.1) is 0 Å². The van der Waals surface area contributed by atoms with Crippen molar-refractivity contribution < 1.29 is 0 Å². The first-order chi connectivity index (χ1) is 5.24. The lowest BCUT2D eigenvalue weighted by molar-refractivity contribution is 0.319. The summed E-state index contributed by atoms with van der Waals surface area (Å²) in [6.45, 7) is 7.01. The van der Waals surface area contributed by atoms with Crippen LogP contribution >= 0.6 is 0 Å². The first-order valence-corrected chi connectivity index (χ1v) is 4.61. The Labute approximate surface area is 69.7 Å². The average Bonchev–Trinajstić information content (AvgIpc) is 2.05. The maximum Gasteiger partial charge on any atom is 0.0136 e. The quantitative estimate of drug-likeness (QED) is 0.605. The topological polar surface area (TPSA) is 26.0 Å². The van der Waals surface area contributed by atoms with Gasteiger partial charge in [0.2, 0.25) is 0 Å². The van der Waals surface area contributed by atoms with Gasteiger partial charge >= 0.3 is 0 Å². The van der Waals surface area contributed by atoms with Gasteiger partial charge in [0.1, 0.15) is 0 Å². The Morgan fingerprint density at radius 2 is 1.91 bits per heavy atom. The van der Waals surface area contributed by atoms with Gasteiger partial charge in [0.25, 0.3) is 0 Å². The van der Waals surface area contributed by atoms with Crippen LogP contribution in [0.25, 0.3) is 0 Å². The molecule has 64 valence electrons. The molecule has 0 aromatic rings. The van der Waals surface area contributed by atoms with E-state index in [1.807, 2.05) is 0 Å². The summed E-state index contributed by atoms with van der Waals surface area (Å²) in [4.78, 5) is 0. The third kappa shape index (κ3) is 2.33. The molecule has 0 atom stereocenters. The minimum absolute atomic E-state index is 0.680. The van der Waals surface area contributed by atoms with Crippen molar-refractivity contribution in [3.05, 3.63) is 12.2 Å². The molecular weight excluding hydrogens is 134 g/mol. The lowest BCUT2D eigenvalue weighted by Gasteiger charge is -2.27. The van der Waals surface area contributed by atoms with E-state index in [9.17, 15) is 0 Å². The van der Waals surface area contributed by atoms with Crippen LogP contribution in [0, 0.1) is 11.8 Å². The summed E-state index contributed by atoms with van der Waals surface area (Å²) in [5, 5.41) is 0. The SMILES string of the molecule is C=C(CN)C1CCC(C)CC1. The van der Waals surface area contributed by atoms with E-state index in [1.54, 1.807) is 0 Å². The van der Waals surface area contributed by atoms with Crippen molar-refractivity contribution in [2.24, 2.45) is 17.6 Å². The summed E-state index contributed by atoms with van der Waals surface area (Å²) in [6, 6.07) is 0. The van der Waals surface area contributed by atoms with Crippen molar-refractivity contribution in [1.82, 2.24) is 0 Å². The molecule has 2 N–H and O–H groups in total. The summed E-state index contributed by atoms with van der Waals surface area (Å²) in [5.74, 6) is 1.66. The van der Waals surface area contributed by atoms with Crippen LogP contribution in [0.15, 0.2) is 12.2 Å². The Bertz CT molecular complexity index is 132. The first kappa shape index (κ1) is 8.79. The summed E-state index contributed by atoms with van der Waals surface area (Å²) in [5.41, 5.74) is 6.80. The van der Waals surface area contributed by atoms with E-state index in [4.69, 9.17) is 5.73 Å². The summed E-state index contributed by atoms with van der Waals surface area (Å²) in [7, 11) is 0. The zero-order valence-corrected chi connectivity index (χ0v) is 7.47. The van der Waals surface area contributed by atoms with Gasteiger partial charge in [0.15, 0.2) is 0 Å². The smallest absolute Gasteiger partial charge is 0.0136 e. The highest BCUT2D eigenvalue weighted by molar-refractivity contribution is 5.03. The largest absolute Gasteiger partial charge is 0.327 e. The number of hydrogen-bond acceptors (Lipinski definition) is 1. The highest BCUT2D eigenvalue weighted by Gasteiger charge is 2.19. The Kier molecular flexibility index (Phi) is 3.13. The van der Waals surface area contributed by atoms with E-state index in [2.05, 4.69) is 13.5 Å². The fourth-order valence-electron chi connectivity index (χ4n) is 1.83. The van der Waals surface area contributed by atoms with Crippen molar-refractivity contribution in [3.8, 4) is 0 Å². The van der Waals surface area contributed by atoms with E-state index < -0.39 is 0 Å². The third-order valence-electron chi connectivity index (χ3n) is 2.86. The normalized spacial score (nSPS) is 31.8. The molecule has 0 aromatic carbocycles. The zero-order chi connectivity index (χ0) is 8.27. The third-order valence-corrected chi connectivity index (χ3v) is 2.86. The predicted molar refractivity (Wildman–Crippen MR) is 49.3 cm³/mol. The van der Waals surface area contributed by atoms with E-state index in [0.717, 1.165) is 11.8 Å². The molecule has 0 amide bonds. The molecule has 0 heterocycles. The molecule has 11 heavy (non-hydrogen) atoms. The number of rotatable bonds is 2. The molecule has 0 saturated heterocycles. The molecular formula is C10H19N. The molecule has 1 aliphatic carbocycles. The second kappa shape index (κ2) is 3.91. The molecule has 0 aromatic heterocycles. The zero-order valence-electron chi connectivity index (χ0n) is 7.47. The summed E-state index contributed by atoms with van der Waals surface area (Å²) >= 11 is 0. The second-order valence-electron chi connectivity index (χ2n) is 3.82. The Morgan fingerprint density at radius 1 is 1.36 bits per heavy atom. The van der Waals surface area contributed by atoms with Gasteiger partial charge < -0.3 is 5.73 Å². The van der Waals surface area contributed by atoms with Gasteiger partial charge in [-0.1, -0.05) is 31.9 Å². The van der Waals surface area contributed by atoms with Crippen molar-refractivity contribution in [2.75, 3.05) is 6.54 Å². The van der Waals surface area contributed by atoms with Gasteiger partial charge in [-0.2, -0.15) is 0 Å². The van der Waals surface area contributed by atoms with Crippen molar-refractivity contribution in [3.63, 3.8) is 0 Å². The Hall–Kier alpha value is -0.300. The molecule has 0 spiro atoms. The van der Waals surface area contributed by atoms with E-state index in [1.165, 1.54) is 31.3 Å². The molecule has 1 aliphatic rings. The van der Waals surface area contributed by atoms with Crippen LogP contribution in [0.2, 0.25) is 0 Å². The Morgan fingerprint density at radius 3 is 2.36 bits per heavy atom. The molecule has 0 bridgehead atoms. The first-order valence-electron chi connectivity index (χ1n) is 4.61. The van der Waals surface area contributed by atoms with Crippen LogP contribution in [0.1, 0.15) is 32.6 Å². The van der Waals surface area contributed by atoms with Crippen LogP contribution in [-0.4, -0.2) is 6.54 Å². The van der Waals surface area contributed by atoms with Crippen molar-refractivity contribution >= 4 is 0 Å². The van der Waals surface area contributed by atoms with E-state index in [0.29, 0.717) is 6.54 Å². The van der Waals surface area contributed by atoms with Crippen LogP contribution in [-0.2, 0) is 0 Å². The van der Waals surface area contributed by atoms with Gasteiger partial charge in [-0.15, -0.1) is 0 Å². The summed E-state index contributed by atoms with van der Waals surface area (Å²) in [6.07, 6.45) is 5.36. The van der Waals surface area contributed by atoms with Gasteiger partial charge in [-0.25, -0.2) is 0 Å². The maximum atomic E-state index is 5.54. The standard InChI is InChI=1S/C10H19N/c1-8-3-5-10(6-4-8)9(2)7-11/h8,10H,2-7,11H2,1H3. The highest BCUT2D eigenvalue weighted by Crippen LogP contribution is 2.31. The van der Waals surface area contributed by atoms with E-state index >= 15 is 0 Å². The fourth-order valence-corrected chi connectivity index (χ4v) is 1.83. The highest BCUT2D eigenvalue weighted by atomic mass is 14.5. The minimum atomic E-state index is 0.680. The van der Waals surface area contributed by atoms with Crippen LogP contribution in [0.4, 0.5) is 0 Å². The fraction of sp³-hybridized carbons (Fsp3) is 0.800. The maximum absolute atomic E-state index is 5.54. The molecule has 0 radical (unpaired) electrons. The monoisotopic (exact) mass is 153 g/mol. The van der Waals surface area contributed by atoms with Crippen molar-refractivity contribution in [2.45, 2.75) is 32.6 Å². The van der Waals surface area contributed by atoms with Gasteiger partial charge in [-0.05, 0) is 24.7 Å². The minimum Gasteiger partial charge on any atom is -0.327 e. The molecule has 1 heteroatoms. The lowest BCUT2D eigenvalue weighted by Crippen LogP contribution is -2.18. The molecule has 1 rings (SSSR count). The average molecular weight is 153 g/mol. The molecule has 1 nitrogen and oxygen atoms in total. The van der Waals surface area contributed by atoms with Crippen LogP contribution in [0.5, 0.6) is 0 Å². The van der Waals surface area contributed by atoms with Crippen LogP contribution in [0.3, 0.4) is 0 Å². The number of nitrogens with two attached hydrogens (primary N) is 1. The molecule has 1 saturated carbocycles. The predicted octanol–water partition coefficient (Wildman–Crippen LogP) is 2.33. The number of hydrogen-bond donors (Lipinski definition) is 1. The summed E-state index contributed by atoms with van der Waals surface area (Å²) < 4.78 is 0. The molecule has 1 fully saturated rings. The lowest BCUT2D eigenvalue weighted by atomic mass is 9.80. The Balaban J connectivity index is 2.33. The molecule has 0 aliphatic heterocycles. The van der Waals surface area contributed by atoms with Gasteiger partial charge in [0, 0.05) is 6.54 Å².